The minimum atomic E-state index is -0.196. The number of carbonyl (C=O) groups is 1. The molecule has 0 aliphatic rings. The number of aromatic nitrogens is 2. The van der Waals surface area contributed by atoms with Gasteiger partial charge in [0.2, 0.25) is 0 Å². The Morgan fingerprint density at radius 3 is 2.75 bits per heavy atom. The van der Waals surface area contributed by atoms with Crippen LogP contribution >= 0.6 is 0 Å². The van der Waals surface area contributed by atoms with Crippen molar-refractivity contribution in [3.63, 3.8) is 0 Å². The smallest absolute Gasteiger partial charge is 0.315 e. The Hall–Kier alpha value is -2.34. The molecule has 1 aromatic carbocycles. The highest BCUT2D eigenvalue weighted by Gasteiger charge is 2.00. The van der Waals surface area contributed by atoms with E-state index in [1.54, 1.807) is 18.0 Å². The maximum Gasteiger partial charge on any atom is 0.315 e. The molecule has 2 rings (SSSR count). The number of amides is 2. The third-order valence-corrected chi connectivity index (χ3v) is 2.75. The van der Waals surface area contributed by atoms with Gasteiger partial charge in [-0.25, -0.2) is 9.48 Å². The number of urea groups is 1. The quantitative estimate of drug-likeness (QED) is 0.781. The number of ether oxygens (including phenoxy) is 1. The van der Waals surface area contributed by atoms with Crippen LogP contribution < -0.4 is 10.6 Å². The molecule has 0 fully saturated rings. The largest absolute Gasteiger partial charge is 0.383 e. The summed E-state index contributed by atoms with van der Waals surface area (Å²) in [5, 5.41) is 9.64. The van der Waals surface area contributed by atoms with E-state index in [4.69, 9.17) is 4.74 Å². The van der Waals surface area contributed by atoms with E-state index in [2.05, 4.69) is 15.7 Å². The average molecular weight is 274 g/mol. The summed E-state index contributed by atoms with van der Waals surface area (Å²) < 4.78 is 6.64. The van der Waals surface area contributed by atoms with Gasteiger partial charge in [0.15, 0.2) is 0 Å². The molecular weight excluding hydrogens is 256 g/mol. The molecule has 1 heterocycles. The first-order valence-electron chi connectivity index (χ1n) is 6.39. The number of hydrogen-bond donors (Lipinski definition) is 2. The molecule has 2 N–H and O–H groups in total. The van der Waals surface area contributed by atoms with E-state index in [-0.39, 0.29) is 6.03 Å². The summed E-state index contributed by atoms with van der Waals surface area (Å²) in [6.07, 6.45) is 3.62. The van der Waals surface area contributed by atoms with E-state index < -0.39 is 0 Å². The molecule has 0 aliphatic carbocycles. The van der Waals surface area contributed by atoms with Crippen LogP contribution in [0.3, 0.4) is 0 Å². The summed E-state index contributed by atoms with van der Waals surface area (Å²) in [7, 11) is 1.60. The summed E-state index contributed by atoms with van der Waals surface area (Å²) in [4.78, 5) is 11.5. The fourth-order valence-electron chi connectivity index (χ4n) is 1.70. The monoisotopic (exact) mass is 274 g/mol. The van der Waals surface area contributed by atoms with Crippen molar-refractivity contribution in [3.8, 4) is 5.69 Å². The van der Waals surface area contributed by atoms with Crippen molar-refractivity contribution in [3.05, 3.63) is 48.3 Å². The van der Waals surface area contributed by atoms with E-state index in [1.165, 1.54) is 0 Å². The van der Waals surface area contributed by atoms with Crippen LogP contribution in [0.2, 0.25) is 0 Å². The first-order chi connectivity index (χ1) is 9.79. The van der Waals surface area contributed by atoms with Gasteiger partial charge in [-0.2, -0.15) is 5.10 Å². The van der Waals surface area contributed by atoms with Gasteiger partial charge in [-0.3, -0.25) is 0 Å². The molecule has 0 radical (unpaired) electrons. The molecule has 20 heavy (non-hydrogen) atoms. The predicted molar refractivity (Wildman–Crippen MR) is 75.7 cm³/mol. The fourth-order valence-corrected chi connectivity index (χ4v) is 1.70. The van der Waals surface area contributed by atoms with Crippen LogP contribution in [0.25, 0.3) is 5.69 Å². The highest BCUT2D eigenvalue weighted by Crippen LogP contribution is 2.08. The maximum atomic E-state index is 11.5. The Morgan fingerprint density at radius 2 is 2.10 bits per heavy atom. The van der Waals surface area contributed by atoms with Gasteiger partial charge in [0.25, 0.3) is 0 Å². The molecular formula is C14H18N4O2. The fraction of sp³-hybridized carbons (Fsp3) is 0.286. The molecule has 2 amide bonds. The standard InChI is InChI=1S/C14H18N4O2/c1-20-10-8-15-14(19)16-11-12-3-5-13(6-4-12)18-9-2-7-17-18/h2-7,9H,8,10-11H2,1H3,(H2,15,16,19). The molecule has 0 saturated heterocycles. The van der Waals surface area contributed by atoms with Crippen LogP contribution in [0.5, 0.6) is 0 Å². The van der Waals surface area contributed by atoms with E-state index in [0.717, 1.165) is 11.3 Å². The molecule has 0 unspecified atom stereocenters. The van der Waals surface area contributed by atoms with Crippen molar-refractivity contribution < 1.29 is 9.53 Å². The number of rotatable bonds is 6. The van der Waals surface area contributed by atoms with Crippen LogP contribution in [0.1, 0.15) is 5.56 Å². The van der Waals surface area contributed by atoms with Gasteiger partial charge in [0, 0.05) is 32.6 Å². The third kappa shape index (κ3) is 4.10. The average Bonchev–Trinajstić information content (AvgIpc) is 3.00. The molecule has 106 valence electrons. The SMILES string of the molecule is COCCNC(=O)NCc1ccc(-n2cccn2)cc1. The normalized spacial score (nSPS) is 10.2. The van der Waals surface area contributed by atoms with Crippen molar-refractivity contribution in [2.24, 2.45) is 0 Å². The van der Waals surface area contributed by atoms with E-state index in [1.807, 2.05) is 36.5 Å². The minimum Gasteiger partial charge on any atom is -0.383 e. The van der Waals surface area contributed by atoms with Crippen molar-refractivity contribution >= 4 is 6.03 Å². The van der Waals surface area contributed by atoms with Crippen molar-refractivity contribution in [1.82, 2.24) is 20.4 Å². The minimum absolute atomic E-state index is 0.196. The molecule has 0 bridgehead atoms. The second-order valence-corrected chi connectivity index (χ2v) is 4.22. The third-order valence-electron chi connectivity index (χ3n) is 2.75. The maximum absolute atomic E-state index is 11.5. The Bertz CT molecular complexity index is 523. The van der Waals surface area contributed by atoms with Gasteiger partial charge in [-0.05, 0) is 23.8 Å². The predicted octanol–water partition coefficient (Wildman–Crippen LogP) is 1.32. The van der Waals surface area contributed by atoms with Crippen molar-refractivity contribution in [1.29, 1.82) is 0 Å². The van der Waals surface area contributed by atoms with Crippen LogP contribution in [-0.4, -0.2) is 36.1 Å². The Kier molecular flexibility index (Phi) is 5.14. The Balaban J connectivity index is 1.81. The summed E-state index contributed by atoms with van der Waals surface area (Å²) >= 11 is 0. The van der Waals surface area contributed by atoms with Crippen LogP contribution in [0.15, 0.2) is 42.7 Å². The topological polar surface area (TPSA) is 68.2 Å². The van der Waals surface area contributed by atoms with Crippen LogP contribution in [-0.2, 0) is 11.3 Å². The lowest BCUT2D eigenvalue weighted by Gasteiger charge is -2.08. The van der Waals surface area contributed by atoms with E-state index in [9.17, 15) is 4.79 Å². The van der Waals surface area contributed by atoms with Gasteiger partial charge in [0.05, 0.1) is 12.3 Å². The van der Waals surface area contributed by atoms with Crippen molar-refractivity contribution in [2.45, 2.75) is 6.54 Å². The lowest BCUT2D eigenvalue weighted by atomic mass is 10.2. The zero-order valence-corrected chi connectivity index (χ0v) is 11.4. The number of benzene rings is 1. The number of hydrogen-bond acceptors (Lipinski definition) is 3. The van der Waals surface area contributed by atoms with Crippen LogP contribution in [0.4, 0.5) is 4.79 Å². The number of nitrogens with one attached hydrogen (secondary N) is 2. The molecule has 2 aromatic rings. The molecule has 0 atom stereocenters. The molecule has 0 saturated carbocycles. The molecule has 1 aromatic heterocycles. The van der Waals surface area contributed by atoms with Gasteiger partial charge in [-0.15, -0.1) is 0 Å². The highest BCUT2D eigenvalue weighted by molar-refractivity contribution is 5.73. The van der Waals surface area contributed by atoms with Gasteiger partial charge in [0.1, 0.15) is 0 Å². The first-order valence-corrected chi connectivity index (χ1v) is 6.39. The molecule has 0 spiro atoms. The number of nitrogens with zero attached hydrogens (tertiary/aromatic N) is 2. The molecule has 6 nitrogen and oxygen atoms in total. The lowest BCUT2D eigenvalue weighted by Crippen LogP contribution is -2.36. The van der Waals surface area contributed by atoms with Gasteiger partial charge >= 0.3 is 6.03 Å². The highest BCUT2D eigenvalue weighted by atomic mass is 16.5. The lowest BCUT2D eigenvalue weighted by molar-refractivity contribution is 0.196. The zero-order valence-electron chi connectivity index (χ0n) is 11.4. The molecule has 6 heteroatoms. The zero-order chi connectivity index (χ0) is 14.2. The number of carbonyl (C=O) groups excluding carboxylic acids is 1. The first kappa shape index (κ1) is 14.1. The molecule has 0 aliphatic heterocycles. The second kappa shape index (κ2) is 7.30. The summed E-state index contributed by atoms with van der Waals surface area (Å²) in [6, 6.07) is 9.54. The summed E-state index contributed by atoms with van der Waals surface area (Å²) in [5.41, 5.74) is 2.02. The van der Waals surface area contributed by atoms with Crippen molar-refractivity contribution in [2.75, 3.05) is 20.3 Å². The Morgan fingerprint density at radius 1 is 1.30 bits per heavy atom. The number of methoxy groups -OCH3 is 1. The second-order valence-electron chi connectivity index (χ2n) is 4.22. The van der Waals surface area contributed by atoms with E-state index >= 15 is 0 Å². The Labute approximate surface area is 117 Å². The van der Waals surface area contributed by atoms with Gasteiger partial charge < -0.3 is 15.4 Å². The van der Waals surface area contributed by atoms with E-state index in [0.29, 0.717) is 19.7 Å². The summed E-state index contributed by atoms with van der Waals surface area (Å²) in [6.45, 7) is 1.49. The van der Waals surface area contributed by atoms with Crippen LogP contribution in [0, 0.1) is 0 Å². The summed E-state index contributed by atoms with van der Waals surface area (Å²) in [5.74, 6) is 0. The van der Waals surface area contributed by atoms with Gasteiger partial charge in [-0.1, -0.05) is 12.1 Å².